The van der Waals surface area contributed by atoms with Gasteiger partial charge in [0, 0.05) is 11.8 Å². The molecule has 4 rings (SSSR count). The Labute approximate surface area is 133 Å². The van der Waals surface area contributed by atoms with Gasteiger partial charge in [0.1, 0.15) is 0 Å². The van der Waals surface area contributed by atoms with E-state index < -0.39 is 10.0 Å². The van der Waals surface area contributed by atoms with Gasteiger partial charge in [0.2, 0.25) is 10.0 Å². The molecule has 3 heterocycles. The van der Waals surface area contributed by atoms with E-state index in [1.807, 2.05) is 42.5 Å². The van der Waals surface area contributed by atoms with E-state index in [4.69, 9.17) is 0 Å². The maximum Gasteiger partial charge on any atom is 0.235 e. The number of nitrogens with zero attached hydrogens (tertiary/aromatic N) is 4. The molecule has 0 spiro atoms. The Morgan fingerprint density at radius 2 is 1.87 bits per heavy atom. The summed E-state index contributed by atoms with van der Waals surface area (Å²) >= 11 is 0. The zero-order valence-corrected chi connectivity index (χ0v) is 12.9. The van der Waals surface area contributed by atoms with Crippen molar-refractivity contribution < 1.29 is 8.42 Å². The van der Waals surface area contributed by atoms with Crippen LogP contribution >= 0.6 is 0 Å². The molecule has 0 amide bonds. The van der Waals surface area contributed by atoms with Crippen molar-refractivity contribution in [1.29, 1.82) is 0 Å². The lowest BCUT2D eigenvalue weighted by molar-refractivity contribution is 0.570. The number of hydrogen-bond donors (Lipinski definition) is 1. The zero-order chi connectivity index (χ0) is 15.9. The molecular weight excluding hydrogens is 314 g/mol. The molecule has 1 aromatic carbocycles. The number of sulfonamides is 1. The first-order valence-electron chi connectivity index (χ1n) is 7.08. The number of nitrogens with one attached hydrogen (secondary N) is 1. The van der Waals surface area contributed by atoms with Crippen LogP contribution < -0.4 is 4.72 Å². The minimum atomic E-state index is -3.33. The molecule has 0 saturated heterocycles. The highest BCUT2D eigenvalue weighted by Gasteiger charge is 2.26. The van der Waals surface area contributed by atoms with E-state index in [0.29, 0.717) is 23.8 Å². The van der Waals surface area contributed by atoms with E-state index in [-0.39, 0.29) is 5.75 Å². The van der Waals surface area contributed by atoms with E-state index in [1.54, 1.807) is 10.9 Å². The Morgan fingerprint density at radius 1 is 1.04 bits per heavy atom. The fraction of sp³-hybridized carbons (Fsp3) is 0.133. The number of hydrogen-bond acceptors (Lipinski definition) is 5. The highest BCUT2D eigenvalue weighted by atomic mass is 32.2. The number of pyridine rings is 1. The summed E-state index contributed by atoms with van der Waals surface area (Å²) in [4.78, 5) is 4.40. The van der Waals surface area contributed by atoms with Crippen LogP contribution in [0.25, 0.3) is 22.5 Å². The Hall–Kier alpha value is -2.74. The summed E-state index contributed by atoms with van der Waals surface area (Å²) < 4.78 is 27.5. The first-order chi connectivity index (χ1) is 11.1. The van der Waals surface area contributed by atoms with Crippen molar-refractivity contribution in [2.24, 2.45) is 0 Å². The van der Waals surface area contributed by atoms with Crippen molar-refractivity contribution in [1.82, 2.24) is 20.0 Å². The quantitative estimate of drug-likeness (QED) is 0.774. The summed E-state index contributed by atoms with van der Waals surface area (Å²) in [7, 11) is -3.33. The van der Waals surface area contributed by atoms with Crippen LogP contribution in [0.1, 0.15) is 0 Å². The average Bonchev–Trinajstić information content (AvgIpc) is 2.97. The van der Waals surface area contributed by atoms with Crippen molar-refractivity contribution in [2.45, 2.75) is 6.54 Å². The van der Waals surface area contributed by atoms with Crippen molar-refractivity contribution in [3.05, 3.63) is 48.7 Å². The summed E-state index contributed by atoms with van der Waals surface area (Å²) in [6.07, 6.45) is 1.74. The minimum absolute atomic E-state index is 0.00315. The summed E-state index contributed by atoms with van der Waals surface area (Å²) in [6, 6.07) is 13.6. The smallest absolute Gasteiger partial charge is 0.235 e. The molecule has 1 N–H and O–H groups in total. The molecular formula is C15H13N5O2S. The molecule has 1 aliphatic rings. The van der Waals surface area contributed by atoms with Crippen LogP contribution in [0.5, 0.6) is 0 Å². The fourth-order valence-electron chi connectivity index (χ4n) is 2.48. The largest absolute Gasteiger partial charge is 0.266 e. The summed E-state index contributed by atoms with van der Waals surface area (Å²) in [5.41, 5.74) is 3.07. The Morgan fingerprint density at radius 3 is 2.61 bits per heavy atom. The van der Waals surface area contributed by atoms with E-state index >= 15 is 0 Å². The fourth-order valence-corrected chi connectivity index (χ4v) is 3.50. The zero-order valence-electron chi connectivity index (χ0n) is 12.0. The third-order valence-corrected chi connectivity index (χ3v) is 4.90. The molecule has 7 nitrogen and oxygen atoms in total. The Bertz CT molecular complexity index is 949. The van der Waals surface area contributed by atoms with Crippen LogP contribution in [0.3, 0.4) is 0 Å². The number of anilines is 1. The SMILES string of the molecule is O=S1(=O)CCn2nnc(-c3ccc(-c4ccccc4)cn3)c2N1. The lowest BCUT2D eigenvalue weighted by Crippen LogP contribution is -2.28. The van der Waals surface area contributed by atoms with Crippen molar-refractivity contribution >= 4 is 15.8 Å². The van der Waals surface area contributed by atoms with Crippen LogP contribution in [0.2, 0.25) is 0 Å². The van der Waals surface area contributed by atoms with Crippen molar-refractivity contribution in [3.63, 3.8) is 0 Å². The molecule has 0 saturated carbocycles. The molecule has 0 atom stereocenters. The number of benzene rings is 1. The first-order valence-corrected chi connectivity index (χ1v) is 8.73. The molecule has 0 bridgehead atoms. The van der Waals surface area contributed by atoms with Gasteiger partial charge in [0.15, 0.2) is 11.5 Å². The molecule has 0 unspecified atom stereocenters. The van der Waals surface area contributed by atoms with E-state index in [0.717, 1.165) is 11.1 Å². The second-order valence-electron chi connectivity index (χ2n) is 5.23. The monoisotopic (exact) mass is 327 g/mol. The molecule has 0 fully saturated rings. The van der Waals surface area contributed by atoms with Crippen LogP contribution in [-0.4, -0.2) is 34.1 Å². The van der Waals surface area contributed by atoms with Gasteiger partial charge in [-0.1, -0.05) is 41.6 Å². The van der Waals surface area contributed by atoms with Crippen LogP contribution in [-0.2, 0) is 16.6 Å². The average molecular weight is 327 g/mol. The molecule has 3 aromatic rings. The molecule has 1 aliphatic heterocycles. The third kappa shape index (κ3) is 2.57. The predicted molar refractivity (Wildman–Crippen MR) is 86.1 cm³/mol. The van der Waals surface area contributed by atoms with Crippen LogP contribution in [0.4, 0.5) is 5.82 Å². The lowest BCUT2D eigenvalue weighted by Gasteiger charge is -2.15. The number of aryl methyl sites for hydroxylation is 1. The maximum absolute atomic E-state index is 11.7. The van der Waals surface area contributed by atoms with E-state index in [2.05, 4.69) is 20.0 Å². The number of fused-ring (bicyclic) bond motifs is 1. The molecule has 23 heavy (non-hydrogen) atoms. The van der Waals surface area contributed by atoms with Crippen LogP contribution in [0.15, 0.2) is 48.7 Å². The molecule has 8 heteroatoms. The van der Waals surface area contributed by atoms with Gasteiger partial charge >= 0.3 is 0 Å². The standard InChI is InChI=1S/C15H13N5O2S/c21-23(22)9-8-20-15(18-23)14(17-19-20)13-7-6-12(10-16-13)11-4-2-1-3-5-11/h1-7,10,18H,8-9H2. The van der Waals surface area contributed by atoms with Gasteiger partial charge < -0.3 is 0 Å². The summed E-state index contributed by atoms with van der Waals surface area (Å²) in [6.45, 7) is 0.291. The van der Waals surface area contributed by atoms with Gasteiger partial charge in [-0.05, 0) is 11.6 Å². The van der Waals surface area contributed by atoms with E-state index in [9.17, 15) is 8.42 Å². The molecule has 2 aromatic heterocycles. The minimum Gasteiger partial charge on any atom is -0.266 e. The highest BCUT2D eigenvalue weighted by molar-refractivity contribution is 7.92. The van der Waals surface area contributed by atoms with Gasteiger partial charge in [-0.25, -0.2) is 13.1 Å². The summed E-state index contributed by atoms with van der Waals surface area (Å²) in [5, 5.41) is 8.04. The van der Waals surface area contributed by atoms with Gasteiger partial charge in [0.05, 0.1) is 18.0 Å². The molecule has 116 valence electrons. The Kier molecular flexibility index (Phi) is 3.12. The third-order valence-electron chi connectivity index (χ3n) is 3.67. The maximum atomic E-state index is 11.7. The lowest BCUT2D eigenvalue weighted by atomic mass is 10.1. The summed E-state index contributed by atoms with van der Waals surface area (Å²) in [5.74, 6) is 0.375. The van der Waals surface area contributed by atoms with Crippen molar-refractivity contribution in [3.8, 4) is 22.5 Å². The van der Waals surface area contributed by atoms with Gasteiger partial charge in [0.25, 0.3) is 0 Å². The molecule has 0 radical (unpaired) electrons. The number of aromatic nitrogens is 4. The molecule has 0 aliphatic carbocycles. The van der Waals surface area contributed by atoms with Crippen LogP contribution in [0, 0.1) is 0 Å². The predicted octanol–water partition coefficient (Wildman–Crippen LogP) is 1.76. The topological polar surface area (TPSA) is 89.8 Å². The van der Waals surface area contributed by atoms with Crippen molar-refractivity contribution in [2.75, 3.05) is 10.5 Å². The number of rotatable bonds is 2. The van der Waals surface area contributed by atoms with Gasteiger partial charge in [-0.3, -0.25) is 9.71 Å². The van der Waals surface area contributed by atoms with Gasteiger partial charge in [-0.2, -0.15) is 0 Å². The highest BCUT2D eigenvalue weighted by Crippen LogP contribution is 2.28. The van der Waals surface area contributed by atoms with E-state index in [1.165, 1.54) is 0 Å². The second-order valence-corrected chi connectivity index (χ2v) is 7.07. The first kappa shape index (κ1) is 13.9. The normalized spacial score (nSPS) is 15.7. The Balaban J connectivity index is 1.72. The second kappa shape index (κ2) is 5.17. The van der Waals surface area contributed by atoms with Gasteiger partial charge in [-0.15, -0.1) is 5.10 Å².